The lowest BCUT2D eigenvalue weighted by atomic mass is 10.0. The topological polar surface area (TPSA) is 128 Å². The highest BCUT2D eigenvalue weighted by atomic mass is 32.1. The molecule has 10 rings (SSSR count). The number of anilines is 4. The largest absolute Gasteiger partial charge is 0.412 e. The van der Waals surface area contributed by atoms with E-state index in [0.29, 0.717) is 12.8 Å². The standard InChI is InChI=1S/2C23H26N4OS.H2O/c2*28-22-16-18-15-17(8-9-20(18)24-22)5-3-4-10-26-11-13-27(14-12-26)23-19-6-1-2-7-21(19)29-25-23;/h2*1-2,6-9,15H,3-5,10-14,16H2,(H,24,28);1H2. The third kappa shape index (κ3) is 9.77. The van der Waals surface area contributed by atoms with E-state index in [1.54, 1.807) is 23.1 Å². The van der Waals surface area contributed by atoms with Crippen LogP contribution in [0.25, 0.3) is 20.2 Å². The van der Waals surface area contributed by atoms with Crippen molar-refractivity contribution in [2.24, 2.45) is 0 Å². The molecule has 308 valence electrons. The van der Waals surface area contributed by atoms with Gasteiger partial charge in [-0.2, -0.15) is 8.75 Å². The van der Waals surface area contributed by atoms with Crippen molar-refractivity contribution in [2.75, 3.05) is 85.9 Å². The average molecular weight is 831 g/mol. The fourth-order valence-corrected chi connectivity index (χ4v) is 10.4. The predicted octanol–water partition coefficient (Wildman–Crippen LogP) is 7.05. The number of aromatic nitrogens is 2. The van der Waals surface area contributed by atoms with Crippen LogP contribution >= 0.6 is 23.1 Å². The summed E-state index contributed by atoms with van der Waals surface area (Å²) >= 11 is 3.21. The molecule has 0 unspecified atom stereocenters. The number of carbonyl (C=O) groups is 2. The van der Waals surface area contributed by atoms with Gasteiger partial charge in [0.05, 0.1) is 22.2 Å². The zero-order valence-corrected chi connectivity index (χ0v) is 35.3. The second-order valence-electron chi connectivity index (χ2n) is 16.0. The first-order chi connectivity index (χ1) is 28.5. The minimum absolute atomic E-state index is 0. The third-order valence-electron chi connectivity index (χ3n) is 12.0. The van der Waals surface area contributed by atoms with Gasteiger partial charge < -0.3 is 25.9 Å². The zero-order valence-electron chi connectivity index (χ0n) is 33.6. The number of piperazine rings is 2. The first-order valence-electron chi connectivity index (χ1n) is 21.0. The molecule has 6 aromatic rings. The molecule has 2 amide bonds. The Morgan fingerprint density at radius 2 is 0.949 bits per heavy atom. The van der Waals surface area contributed by atoms with Gasteiger partial charge in [-0.15, -0.1) is 0 Å². The van der Waals surface area contributed by atoms with Crippen LogP contribution in [0.15, 0.2) is 84.9 Å². The van der Waals surface area contributed by atoms with Crippen LogP contribution < -0.4 is 20.4 Å². The van der Waals surface area contributed by atoms with E-state index < -0.39 is 0 Å². The Labute approximate surface area is 354 Å². The number of carbonyl (C=O) groups excluding carboxylic acids is 2. The third-order valence-corrected chi connectivity index (χ3v) is 13.7. The van der Waals surface area contributed by atoms with Crippen molar-refractivity contribution in [3.8, 4) is 0 Å². The first-order valence-corrected chi connectivity index (χ1v) is 22.5. The lowest BCUT2D eigenvalue weighted by Gasteiger charge is -2.35. The second kappa shape index (κ2) is 19.0. The van der Waals surface area contributed by atoms with Crippen molar-refractivity contribution < 1.29 is 15.1 Å². The van der Waals surface area contributed by atoms with Crippen molar-refractivity contribution in [1.82, 2.24) is 18.5 Å². The number of amides is 2. The predicted molar refractivity (Wildman–Crippen MR) is 244 cm³/mol. The number of benzene rings is 4. The van der Waals surface area contributed by atoms with E-state index in [-0.39, 0.29) is 17.3 Å². The Morgan fingerprint density at radius 1 is 0.525 bits per heavy atom. The van der Waals surface area contributed by atoms with Crippen LogP contribution in [0.4, 0.5) is 23.0 Å². The van der Waals surface area contributed by atoms with Crippen molar-refractivity contribution in [2.45, 2.75) is 51.4 Å². The average Bonchev–Trinajstić information content (AvgIpc) is 4.05. The molecule has 0 bridgehead atoms. The number of hydrogen-bond donors (Lipinski definition) is 2. The van der Waals surface area contributed by atoms with Crippen molar-refractivity contribution in [3.63, 3.8) is 0 Å². The Hall–Kier alpha value is -4.92. The molecule has 4 N–H and O–H groups in total. The Morgan fingerprint density at radius 3 is 1.39 bits per heavy atom. The number of unbranched alkanes of at least 4 members (excludes halogenated alkanes) is 2. The summed E-state index contributed by atoms with van der Waals surface area (Å²) in [7, 11) is 0. The summed E-state index contributed by atoms with van der Waals surface area (Å²) in [4.78, 5) is 33.0. The molecule has 2 fully saturated rings. The Bertz CT molecular complexity index is 2220. The molecule has 4 aliphatic rings. The number of nitrogens with zero attached hydrogens (tertiary/aromatic N) is 6. The second-order valence-corrected chi connectivity index (χ2v) is 17.6. The van der Waals surface area contributed by atoms with E-state index in [0.717, 1.165) is 112 Å². The molecular formula is C46H54N8O3S2. The first kappa shape index (κ1) is 40.8. The summed E-state index contributed by atoms with van der Waals surface area (Å²) in [5, 5.41) is 8.39. The molecule has 13 heteroatoms. The normalized spacial score (nSPS) is 16.7. The Balaban J connectivity index is 0.000000161. The van der Waals surface area contributed by atoms with Crippen LogP contribution in [0.5, 0.6) is 0 Å². The summed E-state index contributed by atoms with van der Waals surface area (Å²) in [5.74, 6) is 2.55. The summed E-state index contributed by atoms with van der Waals surface area (Å²) in [6.07, 6.45) is 8.05. The fraction of sp³-hybridized carbons (Fsp3) is 0.391. The molecule has 4 aromatic carbocycles. The molecule has 0 radical (unpaired) electrons. The summed E-state index contributed by atoms with van der Waals surface area (Å²) in [6.45, 7) is 11.0. The summed E-state index contributed by atoms with van der Waals surface area (Å²) in [6, 6.07) is 29.9. The van der Waals surface area contributed by atoms with Crippen LogP contribution in [0, 0.1) is 0 Å². The van der Waals surface area contributed by atoms with Gasteiger partial charge in [0.15, 0.2) is 0 Å². The van der Waals surface area contributed by atoms with E-state index in [1.165, 1.54) is 57.0 Å². The molecule has 11 nitrogen and oxygen atoms in total. The number of nitrogens with one attached hydrogen (secondary N) is 2. The van der Waals surface area contributed by atoms with Crippen molar-refractivity contribution >= 4 is 78.1 Å². The molecule has 59 heavy (non-hydrogen) atoms. The van der Waals surface area contributed by atoms with Gasteiger partial charge in [0, 0.05) is 74.5 Å². The maximum Gasteiger partial charge on any atom is 0.228 e. The highest BCUT2D eigenvalue weighted by molar-refractivity contribution is 7.14. The smallest absolute Gasteiger partial charge is 0.228 e. The highest BCUT2D eigenvalue weighted by Crippen LogP contribution is 2.32. The van der Waals surface area contributed by atoms with Gasteiger partial charge in [-0.05, 0) is 133 Å². The summed E-state index contributed by atoms with van der Waals surface area (Å²) in [5.41, 5.74) is 6.98. The number of fused-ring (bicyclic) bond motifs is 4. The molecule has 0 atom stereocenters. The molecule has 0 aliphatic carbocycles. The lowest BCUT2D eigenvalue weighted by Crippen LogP contribution is -2.46. The van der Waals surface area contributed by atoms with Crippen LogP contribution in [-0.2, 0) is 35.3 Å². The van der Waals surface area contributed by atoms with E-state index in [2.05, 4.69) is 115 Å². The van der Waals surface area contributed by atoms with E-state index in [4.69, 9.17) is 8.75 Å². The van der Waals surface area contributed by atoms with Gasteiger partial charge in [-0.3, -0.25) is 19.4 Å². The van der Waals surface area contributed by atoms with Crippen LogP contribution in [-0.4, -0.2) is 101 Å². The quantitative estimate of drug-likeness (QED) is 0.126. The molecule has 2 saturated heterocycles. The number of rotatable bonds is 12. The van der Waals surface area contributed by atoms with E-state index in [9.17, 15) is 9.59 Å². The highest BCUT2D eigenvalue weighted by Gasteiger charge is 2.23. The molecule has 0 saturated carbocycles. The zero-order chi connectivity index (χ0) is 39.3. The van der Waals surface area contributed by atoms with Crippen LogP contribution in [0.3, 0.4) is 0 Å². The molecule has 6 heterocycles. The van der Waals surface area contributed by atoms with Gasteiger partial charge in [0.2, 0.25) is 11.8 Å². The number of hydrogen-bond acceptors (Lipinski definition) is 10. The van der Waals surface area contributed by atoms with Gasteiger partial charge in [0.25, 0.3) is 0 Å². The van der Waals surface area contributed by atoms with Gasteiger partial charge in [0.1, 0.15) is 11.6 Å². The molecule has 2 aromatic heterocycles. The minimum Gasteiger partial charge on any atom is -0.412 e. The monoisotopic (exact) mass is 830 g/mol. The van der Waals surface area contributed by atoms with Crippen LogP contribution in [0.2, 0.25) is 0 Å². The summed E-state index contributed by atoms with van der Waals surface area (Å²) < 4.78 is 12.0. The van der Waals surface area contributed by atoms with Gasteiger partial charge in [-0.1, -0.05) is 48.5 Å². The van der Waals surface area contributed by atoms with Gasteiger partial charge in [-0.25, -0.2) is 0 Å². The lowest BCUT2D eigenvalue weighted by molar-refractivity contribution is -0.115. The van der Waals surface area contributed by atoms with E-state index in [1.807, 2.05) is 0 Å². The van der Waals surface area contributed by atoms with Crippen LogP contribution in [0.1, 0.15) is 47.9 Å². The molecular weight excluding hydrogens is 777 g/mol. The van der Waals surface area contributed by atoms with E-state index >= 15 is 0 Å². The molecule has 0 spiro atoms. The SMILES string of the molecule is O.O=C1Cc2cc(CCCCN3CCN(c4nsc5ccccc45)CC3)ccc2N1.O=C1Cc2cc(CCCCN3CCN(c4nsc5ccccc45)CC3)ccc2N1. The van der Waals surface area contributed by atoms with Crippen molar-refractivity contribution in [3.05, 3.63) is 107 Å². The molecule has 4 aliphatic heterocycles. The van der Waals surface area contributed by atoms with Crippen molar-refractivity contribution in [1.29, 1.82) is 0 Å². The fourth-order valence-electron chi connectivity index (χ4n) is 8.77. The Kier molecular flexibility index (Phi) is 13.1. The number of aryl methyl sites for hydroxylation is 2. The maximum atomic E-state index is 11.5. The maximum absolute atomic E-state index is 11.5. The van der Waals surface area contributed by atoms with Gasteiger partial charge >= 0.3 is 0 Å². The minimum atomic E-state index is 0.